The summed E-state index contributed by atoms with van der Waals surface area (Å²) in [5, 5.41) is 12.1. The van der Waals surface area contributed by atoms with Gasteiger partial charge in [-0.25, -0.2) is 0 Å². The normalized spacial score (nSPS) is 11.7. The molecule has 1 amide bonds. The van der Waals surface area contributed by atoms with E-state index < -0.39 is 6.04 Å². The molecule has 0 fully saturated rings. The van der Waals surface area contributed by atoms with Crippen LogP contribution in [-0.2, 0) is 11.2 Å². The number of nitrogens with two attached hydrogens (primary N) is 1. The molecule has 0 saturated heterocycles. The van der Waals surface area contributed by atoms with Crippen molar-refractivity contribution < 1.29 is 9.90 Å². The van der Waals surface area contributed by atoms with Gasteiger partial charge in [-0.05, 0) is 59.5 Å². The predicted octanol–water partition coefficient (Wildman–Crippen LogP) is 2.96. The molecule has 0 spiro atoms. The van der Waals surface area contributed by atoms with Crippen LogP contribution in [0.3, 0.4) is 0 Å². The van der Waals surface area contributed by atoms with Gasteiger partial charge in [-0.3, -0.25) is 9.78 Å². The number of pyridine rings is 1. The van der Waals surface area contributed by atoms with E-state index in [-0.39, 0.29) is 11.7 Å². The second-order valence-corrected chi connectivity index (χ2v) is 5.78. The van der Waals surface area contributed by atoms with E-state index in [4.69, 9.17) is 5.73 Å². The number of aromatic nitrogens is 1. The van der Waals surface area contributed by atoms with Crippen molar-refractivity contribution in [3.63, 3.8) is 0 Å². The predicted molar refractivity (Wildman–Crippen MR) is 98.1 cm³/mol. The Kier molecular flexibility index (Phi) is 5.06. The molecule has 3 aromatic rings. The van der Waals surface area contributed by atoms with Crippen LogP contribution in [0.4, 0.5) is 5.69 Å². The minimum atomic E-state index is -0.663. The summed E-state index contributed by atoms with van der Waals surface area (Å²) >= 11 is 0. The van der Waals surface area contributed by atoms with Crippen LogP contribution in [0.25, 0.3) is 11.1 Å². The Hall–Kier alpha value is -3.18. The van der Waals surface area contributed by atoms with Crippen molar-refractivity contribution in [1.29, 1.82) is 0 Å². The quantitative estimate of drug-likeness (QED) is 0.670. The van der Waals surface area contributed by atoms with Gasteiger partial charge in [0.2, 0.25) is 5.91 Å². The molecule has 0 bridgehead atoms. The van der Waals surface area contributed by atoms with Gasteiger partial charge in [-0.2, -0.15) is 0 Å². The van der Waals surface area contributed by atoms with Gasteiger partial charge in [0.25, 0.3) is 0 Å². The molecular weight excluding hydrogens is 314 g/mol. The molecule has 5 heteroatoms. The van der Waals surface area contributed by atoms with Crippen molar-refractivity contribution in [3.05, 3.63) is 78.6 Å². The number of hydrogen-bond acceptors (Lipinski definition) is 4. The minimum absolute atomic E-state index is 0.191. The highest BCUT2D eigenvalue weighted by Crippen LogP contribution is 2.20. The van der Waals surface area contributed by atoms with Crippen LogP contribution in [0.1, 0.15) is 5.56 Å². The third-order valence-electron chi connectivity index (χ3n) is 3.89. The number of carbonyl (C=O) groups is 1. The van der Waals surface area contributed by atoms with E-state index in [9.17, 15) is 9.90 Å². The standard InChI is InChI=1S/C20H19N3O2/c21-19(13-14-1-7-18(24)8-2-14)20(25)23-17-5-3-15(4-6-17)16-9-11-22-12-10-16/h1-12,19,24H,13,21H2,(H,23,25)/t19-/m1/s1. The Morgan fingerprint density at radius 2 is 1.56 bits per heavy atom. The number of rotatable bonds is 5. The van der Waals surface area contributed by atoms with Gasteiger partial charge >= 0.3 is 0 Å². The van der Waals surface area contributed by atoms with E-state index >= 15 is 0 Å². The maximum atomic E-state index is 12.2. The van der Waals surface area contributed by atoms with Crippen molar-refractivity contribution in [3.8, 4) is 16.9 Å². The van der Waals surface area contributed by atoms with Crippen LogP contribution in [0.5, 0.6) is 5.75 Å². The van der Waals surface area contributed by atoms with Crippen LogP contribution < -0.4 is 11.1 Å². The molecule has 5 nitrogen and oxygen atoms in total. The fourth-order valence-electron chi connectivity index (χ4n) is 2.50. The van der Waals surface area contributed by atoms with Gasteiger partial charge in [0.05, 0.1) is 6.04 Å². The number of carbonyl (C=O) groups excluding carboxylic acids is 1. The molecule has 126 valence electrons. The molecule has 1 heterocycles. The molecule has 0 unspecified atom stereocenters. The molecule has 0 aliphatic heterocycles. The van der Waals surface area contributed by atoms with Gasteiger partial charge in [-0.15, -0.1) is 0 Å². The summed E-state index contributed by atoms with van der Waals surface area (Å²) in [6.45, 7) is 0. The minimum Gasteiger partial charge on any atom is -0.508 e. The van der Waals surface area contributed by atoms with Gasteiger partial charge in [0.1, 0.15) is 5.75 Å². The first-order valence-corrected chi connectivity index (χ1v) is 7.96. The van der Waals surface area contributed by atoms with Crippen molar-refractivity contribution in [1.82, 2.24) is 4.98 Å². The van der Waals surface area contributed by atoms with E-state index in [0.717, 1.165) is 16.7 Å². The maximum Gasteiger partial charge on any atom is 0.241 e. The Labute approximate surface area is 146 Å². The second kappa shape index (κ2) is 7.59. The van der Waals surface area contributed by atoms with Gasteiger partial charge in [-0.1, -0.05) is 24.3 Å². The average Bonchev–Trinajstić information content (AvgIpc) is 2.65. The van der Waals surface area contributed by atoms with Crippen molar-refractivity contribution in [2.75, 3.05) is 5.32 Å². The number of phenols is 1. The zero-order valence-corrected chi connectivity index (χ0v) is 13.6. The first kappa shape index (κ1) is 16.7. The molecular formula is C20H19N3O2. The van der Waals surface area contributed by atoms with E-state index in [0.29, 0.717) is 12.1 Å². The Morgan fingerprint density at radius 3 is 2.20 bits per heavy atom. The van der Waals surface area contributed by atoms with Crippen LogP contribution in [-0.4, -0.2) is 22.0 Å². The highest BCUT2D eigenvalue weighted by atomic mass is 16.3. The lowest BCUT2D eigenvalue weighted by molar-refractivity contribution is -0.117. The monoisotopic (exact) mass is 333 g/mol. The largest absolute Gasteiger partial charge is 0.508 e. The van der Waals surface area contributed by atoms with E-state index in [1.165, 1.54) is 0 Å². The lowest BCUT2D eigenvalue weighted by Gasteiger charge is -2.13. The third-order valence-corrected chi connectivity index (χ3v) is 3.89. The van der Waals surface area contributed by atoms with E-state index in [2.05, 4.69) is 10.3 Å². The summed E-state index contributed by atoms with van der Waals surface area (Å²) in [4.78, 5) is 16.2. The average molecular weight is 333 g/mol. The summed E-state index contributed by atoms with van der Waals surface area (Å²) in [7, 11) is 0. The Bertz CT molecular complexity index is 831. The molecule has 0 aliphatic carbocycles. The fourth-order valence-corrected chi connectivity index (χ4v) is 2.50. The number of anilines is 1. The number of nitrogens with zero attached hydrogens (tertiary/aromatic N) is 1. The summed E-state index contributed by atoms with van der Waals surface area (Å²) < 4.78 is 0. The lowest BCUT2D eigenvalue weighted by Crippen LogP contribution is -2.37. The molecule has 2 aromatic carbocycles. The first-order chi connectivity index (χ1) is 12.1. The van der Waals surface area contributed by atoms with Crippen LogP contribution in [0, 0.1) is 0 Å². The molecule has 0 saturated carbocycles. The van der Waals surface area contributed by atoms with Crippen molar-refractivity contribution >= 4 is 11.6 Å². The molecule has 1 atom stereocenters. The zero-order chi connectivity index (χ0) is 17.6. The Morgan fingerprint density at radius 1 is 0.960 bits per heavy atom. The van der Waals surface area contributed by atoms with E-state index in [1.807, 2.05) is 36.4 Å². The van der Waals surface area contributed by atoms with Crippen LogP contribution in [0.15, 0.2) is 73.1 Å². The molecule has 3 rings (SSSR count). The molecule has 0 aliphatic rings. The van der Waals surface area contributed by atoms with Crippen LogP contribution in [0.2, 0.25) is 0 Å². The smallest absolute Gasteiger partial charge is 0.241 e. The fraction of sp³-hybridized carbons (Fsp3) is 0.100. The second-order valence-electron chi connectivity index (χ2n) is 5.78. The lowest BCUT2D eigenvalue weighted by atomic mass is 10.1. The Balaban J connectivity index is 1.61. The topological polar surface area (TPSA) is 88.2 Å². The SMILES string of the molecule is N[C@H](Cc1ccc(O)cc1)C(=O)Nc1ccc(-c2ccncc2)cc1. The number of benzene rings is 2. The number of amides is 1. The highest BCUT2D eigenvalue weighted by molar-refractivity contribution is 5.95. The molecule has 1 aromatic heterocycles. The number of nitrogens with one attached hydrogen (secondary N) is 1. The molecule has 4 N–H and O–H groups in total. The number of aromatic hydroxyl groups is 1. The summed E-state index contributed by atoms with van der Waals surface area (Å²) in [6, 6.07) is 17.5. The highest BCUT2D eigenvalue weighted by Gasteiger charge is 2.14. The number of phenolic OH excluding ortho intramolecular Hbond substituents is 1. The molecule has 0 radical (unpaired) electrons. The maximum absolute atomic E-state index is 12.2. The van der Waals surface area contributed by atoms with Gasteiger partial charge in [0.15, 0.2) is 0 Å². The summed E-state index contributed by atoms with van der Waals surface area (Å²) in [5.41, 5.74) is 9.69. The number of hydrogen-bond donors (Lipinski definition) is 3. The van der Waals surface area contributed by atoms with Gasteiger partial charge < -0.3 is 16.2 Å². The van der Waals surface area contributed by atoms with E-state index in [1.54, 1.807) is 36.7 Å². The van der Waals surface area contributed by atoms with Gasteiger partial charge in [0, 0.05) is 18.1 Å². The first-order valence-electron chi connectivity index (χ1n) is 7.96. The summed E-state index contributed by atoms with van der Waals surface area (Å²) in [5.74, 6) is -0.0548. The van der Waals surface area contributed by atoms with Crippen LogP contribution >= 0.6 is 0 Å². The summed E-state index contributed by atoms with van der Waals surface area (Å²) in [6.07, 6.45) is 3.89. The third kappa shape index (κ3) is 4.43. The van der Waals surface area contributed by atoms with Crippen molar-refractivity contribution in [2.45, 2.75) is 12.5 Å². The molecule has 25 heavy (non-hydrogen) atoms. The van der Waals surface area contributed by atoms with Crippen molar-refractivity contribution in [2.24, 2.45) is 5.73 Å². The zero-order valence-electron chi connectivity index (χ0n) is 13.6.